The molecule has 152 valence electrons. The number of H-pyrrole nitrogens is 1. The predicted octanol–water partition coefficient (Wildman–Crippen LogP) is 3.44. The summed E-state index contributed by atoms with van der Waals surface area (Å²) in [5.74, 6) is 1.65. The number of hydrogen-bond acceptors (Lipinski definition) is 4. The molecule has 3 aromatic rings. The first-order chi connectivity index (χ1) is 14.1. The summed E-state index contributed by atoms with van der Waals surface area (Å²) < 4.78 is 1.75. The fraction of sp³-hybridized carbons (Fsp3) is 0.455. The van der Waals surface area contributed by atoms with Crippen LogP contribution in [0.2, 0.25) is 0 Å². The fourth-order valence-electron chi connectivity index (χ4n) is 4.04. The van der Waals surface area contributed by atoms with E-state index in [4.69, 9.17) is 10.1 Å². The van der Waals surface area contributed by atoms with Gasteiger partial charge in [-0.2, -0.15) is 0 Å². The van der Waals surface area contributed by atoms with Crippen molar-refractivity contribution in [3.63, 3.8) is 0 Å². The van der Waals surface area contributed by atoms with Crippen LogP contribution in [0.15, 0.2) is 29.1 Å². The smallest absolute Gasteiger partial charge is 0.277 e. The van der Waals surface area contributed by atoms with Crippen LogP contribution in [-0.4, -0.2) is 32.0 Å². The Morgan fingerprint density at radius 3 is 2.59 bits per heavy atom. The molecular weight excluding hydrogens is 366 g/mol. The molecule has 0 saturated heterocycles. The zero-order valence-electron chi connectivity index (χ0n) is 17.0. The summed E-state index contributed by atoms with van der Waals surface area (Å²) in [5, 5.41) is 7.61. The lowest BCUT2D eigenvalue weighted by atomic mass is 10.1. The Bertz CT molecular complexity index is 1080. The molecule has 1 aliphatic carbocycles. The minimum Gasteiger partial charge on any atom is -0.352 e. The van der Waals surface area contributed by atoms with Gasteiger partial charge in [-0.3, -0.25) is 9.59 Å². The van der Waals surface area contributed by atoms with E-state index in [-0.39, 0.29) is 11.5 Å². The van der Waals surface area contributed by atoms with Gasteiger partial charge in [0.15, 0.2) is 11.3 Å². The molecule has 1 amide bonds. The molecule has 2 aromatic heterocycles. The minimum absolute atomic E-state index is 0.0963. The van der Waals surface area contributed by atoms with Crippen LogP contribution in [0.4, 0.5) is 0 Å². The van der Waals surface area contributed by atoms with Crippen LogP contribution >= 0.6 is 0 Å². The summed E-state index contributed by atoms with van der Waals surface area (Å²) in [6.45, 7) is 4.67. The van der Waals surface area contributed by atoms with Crippen molar-refractivity contribution in [2.45, 2.75) is 58.3 Å². The molecule has 0 unspecified atom stereocenters. The van der Waals surface area contributed by atoms with Crippen molar-refractivity contribution in [3.8, 4) is 11.4 Å². The van der Waals surface area contributed by atoms with Crippen molar-refractivity contribution in [1.82, 2.24) is 24.9 Å². The summed E-state index contributed by atoms with van der Waals surface area (Å²) in [6, 6.07) is 7.15. The molecular formula is C22H27N5O2. The van der Waals surface area contributed by atoms with E-state index < -0.39 is 0 Å². The van der Waals surface area contributed by atoms with Crippen LogP contribution in [0, 0.1) is 0 Å². The maximum atomic E-state index is 12.9. The van der Waals surface area contributed by atoms with Crippen LogP contribution in [0.1, 0.15) is 73.7 Å². The van der Waals surface area contributed by atoms with Gasteiger partial charge in [-0.25, -0.2) is 9.50 Å². The van der Waals surface area contributed by atoms with Gasteiger partial charge in [0.05, 0.1) is 5.69 Å². The Hall–Kier alpha value is -2.96. The van der Waals surface area contributed by atoms with Crippen molar-refractivity contribution in [3.05, 3.63) is 51.7 Å². The number of carbonyl (C=O) groups excluding carboxylic acids is 1. The molecule has 4 rings (SSSR count). The lowest BCUT2D eigenvalue weighted by Gasteiger charge is -2.09. The highest BCUT2D eigenvalue weighted by Crippen LogP contribution is 2.34. The quantitative estimate of drug-likeness (QED) is 0.671. The van der Waals surface area contributed by atoms with Crippen molar-refractivity contribution in [2.24, 2.45) is 0 Å². The van der Waals surface area contributed by atoms with E-state index in [0.29, 0.717) is 35.8 Å². The number of amides is 1. The van der Waals surface area contributed by atoms with Gasteiger partial charge in [0, 0.05) is 23.6 Å². The molecule has 29 heavy (non-hydrogen) atoms. The highest BCUT2D eigenvalue weighted by Gasteiger charge is 2.25. The third-order valence-electron chi connectivity index (χ3n) is 5.61. The van der Waals surface area contributed by atoms with Gasteiger partial charge in [-0.1, -0.05) is 38.8 Å². The number of aromatic amines is 1. The van der Waals surface area contributed by atoms with Crippen LogP contribution in [0.5, 0.6) is 0 Å². The zero-order valence-corrected chi connectivity index (χ0v) is 17.0. The first-order valence-corrected chi connectivity index (χ1v) is 10.5. The predicted molar refractivity (Wildman–Crippen MR) is 112 cm³/mol. The van der Waals surface area contributed by atoms with E-state index in [0.717, 1.165) is 36.3 Å². The third-order valence-corrected chi connectivity index (χ3v) is 5.61. The van der Waals surface area contributed by atoms with E-state index in [2.05, 4.69) is 10.3 Å². The number of nitrogens with one attached hydrogen (secondary N) is 2. The largest absolute Gasteiger partial charge is 0.352 e. The number of rotatable bonds is 6. The highest BCUT2D eigenvalue weighted by atomic mass is 16.1. The van der Waals surface area contributed by atoms with E-state index in [1.165, 1.54) is 12.8 Å². The lowest BCUT2D eigenvalue weighted by molar-refractivity contribution is 0.0953. The molecule has 1 aromatic carbocycles. The first kappa shape index (κ1) is 19.4. The van der Waals surface area contributed by atoms with Crippen LogP contribution in [0.3, 0.4) is 0 Å². The maximum Gasteiger partial charge on any atom is 0.277 e. The van der Waals surface area contributed by atoms with Gasteiger partial charge in [0.25, 0.3) is 11.5 Å². The lowest BCUT2D eigenvalue weighted by Crippen LogP contribution is -2.23. The molecule has 7 nitrogen and oxygen atoms in total. The number of fused-ring (bicyclic) bond motifs is 1. The van der Waals surface area contributed by atoms with E-state index >= 15 is 0 Å². The highest BCUT2D eigenvalue weighted by molar-refractivity contribution is 5.94. The Morgan fingerprint density at radius 1 is 1.21 bits per heavy atom. The summed E-state index contributed by atoms with van der Waals surface area (Å²) >= 11 is 0. The van der Waals surface area contributed by atoms with Gasteiger partial charge in [0.2, 0.25) is 0 Å². The molecule has 1 aliphatic rings. The number of hydrogen-bond donors (Lipinski definition) is 2. The van der Waals surface area contributed by atoms with E-state index in [9.17, 15) is 9.59 Å². The molecule has 7 heteroatoms. The Kier molecular flexibility index (Phi) is 5.47. The minimum atomic E-state index is -0.173. The molecule has 1 saturated carbocycles. The molecule has 1 fully saturated rings. The maximum absolute atomic E-state index is 12.9. The number of benzene rings is 1. The van der Waals surface area contributed by atoms with Gasteiger partial charge in [-0.05, 0) is 37.8 Å². The third kappa shape index (κ3) is 3.69. The van der Waals surface area contributed by atoms with Crippen molar-refractivity contribution < 1.29 is 4.79 Å². The number of nitrogens with zero attached hydrogens (tertiary/aromatic N) is 3. The number of aromatic nitrogens is 4. The van der Waals surface area contributed by atoms with Crippen molar-refractivity contribution >= 4 is 11.4 Å². The monoisotopic (exact) mass is 393 g/mol. The SMILES string of the molecule is CCCNC(=O)c1ccc(-c2nn3c(C4CCCC4)nc(CC)c3c(=O)[nH]2)cc1. The fourth-order valence-corrected chi connectivity index (χ4v) is 4.04. The average Bonchev–Trinajstić information content (AvgIpc) is 3.39. The summed E-state index contributed by atoms with van der Waals surface area (Å²) in [7, 11) is 0. The standard InChI is InChI=1S/C22H27N5O2/c1-3-13-23-21(28)16-11-9-14(10-12-16)19-25-22(29)18-17(4-2)24-20(27(18)26-19)15-7-5-6-8-15/h9-12,15H,3-8,13H2,1-2H3,(H,23,28)(H,25,26,29). The molecule has 0 aliphatic heterocycles. The summed E-state index contributed by atoms with van der Waals surface area (Å²) in [4.78, 5) is 32.6. The first-order valence-electron chi connectivity index (χ1n) is 10.5. The van der Waals surface area contributed by atoms with Crippen LogP contribution < -0.4 is 10.9 Å². The van der Waals surface area contributed by atoms with Gasteiger partial charge < -0.3 is 10.3 Å². The second-order valence-electron chi connectivity index (χ2n) is 7.65. The Labute approximate surface area is 169 Å². The molecule has 0 radical (unpaired) electrons. The second-order valence-corrected chi connectivity index (χ2v) is 7.65. The molecule has 0 spiro atoms. The van der Waals surface area contributed by atoms with Gasteiger partial charge >= 0.3 is 0 Å². The Balaban J connectivity index is 1.74. The molecule has 2 N–H and O–H groups in total. The second kappa shape index (κ2) is 8.19. The number of carbonyl (C=O) groups is 1. The summed E-state index contributed by atoms with van der Waals surface area (Å²) in [6.07, 6.45) is 6.16. The average molecular weight is 393 g/mol. The van der Waals surface area contributed by atoms with Crippen LogP contribution in [-0.2, 0) is 6.42 Å². The van der Waals surface area contributed by atoms with Crippen molar-refractivity contribution in [2.75, 3.05) is 6.54 Å². The zero-order chi connectivity index (χ0) is 20.4. The number of imidazole rings is 1. The molecule has 2 heterocycles. The number of aryl methyl sites for hydroxylation is 1. The van der Waals surface area contributed by atoms with Gasteiger partial charge in [-0.15, -0.1) is 5.10 Å². The molecule has 0 atom stereocenters. The topological polar surface area (TPSA) is 92.2 Å². The van der Waals surface area contributed by atoms with E-state index in [1.807, 2.05) is 26.0 Å². The van der Waals surface area contributed by atoms with Crippen molar-refractivity contribution in [1.29, 1.82) is 0 Å². The van der Waals surface area contributed by atoms with Crippen LogP contribution in [0.25, 0.3) is 16.9 Å². The summed E-state index contributed by atoms with van der Waals surface area (Å²) in [5.41, 5.74) is 2.53. The Morgan fingerprint density at radius 2 is 1.93 bits per heavy atom. The molecule has 0 bridgehead atoms. The normalized spacial score (nSPS) is 14.6. The van der Waals surface area contributed by atoms with Gasteiger partial charge in [0.1, 0.15) is 5.82 Å². The van der Waals surface area contributed by atoms with E-state index in [1.54, 1.807) is 16.6 Å².